The molecule has 0 unspecified atom stereocenters. The van der Waals surface area contributed by atoms with Gasteiger partial charge in [-0.2, -0.15) is 11.8 Å². The molecule has 6 heteroatoms. The fourth-order valence-electron chi connectivity index (χ4n) is 2.12. The number of nitrogens with two attached hydrogens (primary N) is 1. The lowest BCUT2D eigenvalue weighted by atomic mass is 9.88. The van der Waals surface area contributed by atoms with E-state index in [0.29, 0.717) is 6.54 Å². The maximum Gasteiger partial charge on any atom is 0.212 e. The highest BCUT2D eigenvalue weighted by Crippen LogP contribution is 2.38. The summed E-state index contributed by atoms with van der Waals surface area (Å²) in [5.41, 5.74) is 5.26. The summed E-state index contributed by atoms with van der Waals surface area (Å²) in [4.78, 5) is 0. The van der Waals surface area contributed by atoms with Crippen LogP contribution in [0.4, 0.5) is 0 Å². The van der Waals surface area contributed by atoms with Crippen LogP contribution in [0.3, 0.4) is 0 Å². The van der Waals surface area contributed by atoms with Crippen LogP contribution in [0, 0.1) is 0 Å². The van der Waals surface area contributed by atoms with Crippen molar-refractivity contribution in [2.24, 2.45) is 5.73 Å². The van der Waals surface area contributed by atoms with E-state index in [0.717, 1.165) is 12.8 Å². The summed E-state index contributed by atoms with van der Waals surface area (Å²) in [6.45, 7) is 0.734. The summed E-state index contributed by atoms with van der Waals surface area (Å²) in [7, 11) is -3.17. The van der Waals surface area contributed by atoms with E-state index in [2.05, 4.69) is 11.0 Å². The van der Waals surface area contributed by atoms with Crippen molar-refractivity contribution in [1.82, 2.24) is 4.72 Å². The Kier molecular flexibility index (Phi) is 5.56. The molecule has 0 amide bonds. The third kappa shape index (κ3) is 4.24. The van der Waals surface area contributed by atoms with Crippen molar-refractivity contribution in [2.45, 2.75) is 36.9 Å². The fraction of sp³-hybridized carbons (Fsp3) is 1.00. The molecular formula is C10H22N2O2S2. The van der Waals surface area contributed by atoms with Crippen LogP contribution in [0.25, 0.3) is 0 Å². The monoisotopic (exact) mass is 266 g/mol. The zero-order valence-electron chi connectivity index (χ0n) is 9.87. The Bertz CT molecular complexity index is 298. The molecule has 0 aromatic heterocycles. The van der Waals surface area contributed by atoms with Gasteiger partial charge in [-0.05, 0) is 19.1 Å². The smallest absolute Gasteiger partial charge is 0.212 e. The standard InChI is InChI=1S/C10H22N2O2S2/c1-15-10(5-3-2-4-6-10)9-12-16(13,14)8-7-11/h12H,2-9,11H2,1H3. The van der Waals surface area contributed by atoms with Crippen LogP contribution in [0.1, 0.15) is 32.1 Å². The highest BCUT2D eigenvalue weighted by molar-refractivity contribution is 8.00. The lowest BCUT2D eigenvalue weighted by molar-refractivity contribution is 0.395. The highest BCUT2D eigenvalue weighted by Gasteiger charge is 2.32. The number of hydrogen-bond donors (Lipinski definition) is 2. The second kappa shape index (κ2) is 6.23. The number of sulfonamides is 1. The molecule has 1 fully saturated rings. The minimum absolute atomic E-state index is 0.0253. The lowest BCUT2D eigenvalue weighted by Gasteiger charge is -2.35. The summed E-state index contributed by atoms with van der Waals surface area (Å²) in [6.07, 6.45) is 7.98. The molecule has 1 aliphatic carbocycles. The van der Waals surface area contributed by atoms with Gasteiger partial charge in [-0.3, -0.25) is 0 Å². The summed E-state index contributed by atoms with van der Waals surface area (Å²) in [5, 5.41) is 0. The molecule has 0 radical (unpaired) electrons. The van der Waals surface area contributed by atoms with Crippen molar-refractivity contribution >= 4 is 21.8 Å². The lowest BCUT2D eigenvalue weighted by Crippen LogP contribution is -2.43. The van der Waals surface area contributed by atoms with Crippen molar-refractivity contribution < 1.29 is 8.42 Å². The molecule has 96 valence electrons. The van der Waals surface area contributed by atoms with Gasteiger partial charge in [0, 0.05) is 17.8 Å². The van der Waals surface area contributed by atoms with Crippen molar-refractivity contribution in [3.63, 3.8) is 0 Å². The number of thioether (sulfide) groups is 1. The van der Waals surface area contributed by atoms with E-state index < -0.39 is 10.0 Å². The van der Waals surface area contributed by atoms with Gasteiger partial charge in [0.05, 0.1) is 5.75 Å². The Hall–Kier alpha value is 0.220. The van der Waals surface area contributed by atoms with Crippen LogP contribution in [-0.4, -0.2) is 38.3 Å². The molecule has 16 heavy (non-hydrogen) atoms. The SMILES string of the molecule is CSC1(CNS(=O)(=O)CCN)CCCCC1. The largest absolute Gasteiger partial charge is 0.329 e. The van der Waals surface area contributed by atoms with Crippen LogP contribution in [0.2, 0.25) is 0 Å². The molecule has 0 spiro atoms. The van der Waals surface area contributed by atoms with Gasteiger partial charge in [-0.1, -0.05) is 19.3 Å². The molecule has 1 saturated carbocycles. The summed E-state index contributed by atoms with van der Waals surface area (Å²) < 4.78 is 25.9. The molecule has 0 atom stereocenters. The van der Waals surface area contributed by atoms with E-state index in [-0.39, 0.29) is 17.0 Å². The van der Waals surface area contributed by atoms with Gasteiger partial charge in [0.15, 0.2) is 0 Å². The van der Waals surface area contributed by atoms with Gasteiger partial charge in [0.1, 0.15) is 0 Å². The molecular weight excluding hydrogens is 244 g/mol. The van der Waals surface area contributed by atoms with Crippen LogP contribution in [0.15, 0.2) is 0 Å². The maximum atomic E-state index is 11.5. The molecule has 1 aliphatic rings. The summed E-state index contributed by atoms with van der Waals surface area (Å²) in [6, 6.07) is 0. The van der Waals surface area contributed by atoms with Crippen molar-refractivity contribution in [3.8, 4) is 0 Å². The fourth-order valence-corrected chi connectivity index (χ4v) is 4.07. The molecule has 1 rings (SSSR count). The third-order valence-electron chi connectivity index (χ3n) is 3.20. The minimum Gasteiger partial charge on any atom is -0.329 e. The maximum absolute atomic E-state index is 11.5. The molecule has 0 aliphatic heterocycles. The van der Waals surface area contributed by atoms with Gasteiger partial charge >= 0.3 is 0 Å². The molecule has 4 nitrogen and oxygen atoms in total. The normalized spacial score (nSPS) is 20.9. The average Bonchev–Trinajstić information content (AvgIpc) is 2.28. The average molecular weight is 266 g/mol. The Morgan fingerprint density at radius 3 is 2.44 bits per heavy atom. The topological polar surface area (TPSA) is 72.2 Å². The van der Waals surface area contributed by atoms with Crippen LogP contribution in [0.5, 0.6) is 0 Å². The predicted molar refractivity (Wildman–Crippen MR) is 70.2 cm³/mol. The van der Waals surface area contributed by atoms with Gasteiger partial charge in [-0.25, -0.2) is 13.1 Å². The molecule has 0 saturated heterocycles. The zero-order valence-corrected chi connectivity index (χ0v) is 11.5. The van der Waals surface area contributed by atoms with E-state index in [1.165, 1.54) is 19.3 Å². The van der Waals surface area contributed by atoms with Gasteiger partial charge in [0.25, 0.3) is 0 Å². The van der Waals surface area contributed by atoms with Crippen molar-refractivity contribution in [1.29, 1.82) is 0 Å². The second-order valence-corrected chi connectivity index (χ2v) is 7.58. The van der Waals surface area contributed by atoms with Crippen molar-refractivity contribution in [3.05, 3.63) is 0 Å². The number of nitrogens with one attached hydrogen (secondary N) is 1. The molecule has 0 aromatic carbocycles. The third-order valence-corrected chi connectivity index (χ3v) is 5.97. The highest BCUT2D eigenvalue weighted by atomic mass is 32.2. The molecule has 3 N–H and O–H groups in total. The number of hydrogen-bond acceptors (Lipinski definition) is 4. The van der Waals surface area contributed by atoms with E-state index in [9.17, 15) is 8.42 Å². The Morgan fingerprint density at radius 1 is 1.31 bits per heavy atom. The van der Waals surface area contributed by atoms with Crippen LogP contribution in [-0.2, 0) is 10.0 Å². The van der Waals surface area contributed by atoms with E-state index in [1.807, 2.05) is 0 Å². The minimum atomic E-state index is -3.17. The summed E-state index contributed by atoms with van der Waals surface area (Å²) in [5.74, 6) is 0.0253. The van der Waals surface area contributed by atoms with Crippen LogP contribution >= 0.6 is 11.8 Å². The Morgan fingerprint density at radius 2 is 1.94 bits per heavy atom. The molecule has 0 heterocycles. The predicted octanol–water partition coefficient (Wildman–Crippen LogP) is 0.930. The Labute approximate surface area is 103 Å². The van der Waals surface area contributed by atoms with Gasteiger partial charge in [-0.15, -0.1) is 0 Å². The van der Waals surface area contributed by atoms with Crippen molar-refractivity contribution in [2.75, 3.05) is 25.1 Å². The summed E-state index contributed by atoms with van der Waals surface area (Å²) >= 11 is 1.79. The number of rotatable bonds is 6. The first-order chi connectivity index (χ1) is 7.54. The quantitative estimate of drug-likeness (QED) is 0.750. The second-order valence-electron chi connectivity index (χ2n) is 4.38. The first kappa shape index (κ1) is 14.3. The zero-order chi connectivity index (χ0) is 12.1. The first-order valence-corrected chi connectivity index (χ1v) is 8.64. The Balaban J connectivity index is 2.50. The van der Waals surface area contributed by atoms with E-state index in [4.69, 9.17) is 5.73 Å². The van der Waals surface area contributed by atoms with E-state index in [1.54, 1.807) is 11.8 Å². The van der Waals surface area contributed by atoms with Crippen LogP contribution < -0.4 is 10.5 Å². The van der Waals surface area contributed by atoms with Gasteiger partial charge < -0.3 is 5.73 Å². The first-order valence-electron chi connectivity index (χ1n) is 5.76. The molecule has 0 aromatic rings. The molecule has 0 bridgehead atoms. The van der Waals surface area contributed by atoms with Gasteiger partial charge in [0.2, 0.25) is 10.0 Å². The van der Waals surface area contributed by atoms with E-state index >= 15 is 0 Å².